The van der Waals surface area contributed by atoms with Crippen molar-refractivity contribution in [3.63, 3.8) is 0 Å². The van der Waals surface area contributed by atoms with E-state index >= 15 is 0 Å². The molecule has 0 bridgehead atoms. The molecule has 0 fully saturated rings. The number of nitrogens with two attached hydrogens (primary N) is 1. The molecule has 1 aromatic rings. The Kier molecular flexibility index (Phi) is 3.66. The maximum Gasteiger partial charge on any atom is 0.201 e. The molecule has 1 heterocycles. The topological polar surface area (TPSA) is 110 Å². The van der Waals surface area contributed by atoms with E-state index in [1.54, 1.807) is 6.07 Å². The highest BCUT2D eigenvalue weighted by molar-refractivity contribution is 6.45. The Balaban J connectivity index is 2.15. The SMILES string of the molecule is CC1CCc2cc(N/N=C(\C#N)C(=N)N)ccc2N1. The number of hydrogen-bond donors (Lipinski definition) is 4. The minimum Gasteiger partial charge on any atom is -0.382 e. The van der Waals surface area contributed by atoms with Crippen molar-refractivity contribution >= 4 is 22.9 Å². The Morgan fingerprint density at radius 2 is 2.42 bits per heavy atom. The van der Waals surface area contributed by atoms with E-state index in [0.717, 1.165) is 24.2 Å². The first-order chi connectivity index (χ1) is 9.10. The predicted octanol–water partition coefficient (Wildman–Crippen LogP) is 1.66. The Morgan fingerprint density at radius 3 is 3.11 bits per heavy atom. The minimum absolute atomic E-state index is 0.121. The van der Waals surface area contributed by atoms with Gasteiger partial charge in [0.2, 0.25) is 5.71 Å². The monoisotopic (exact) mass is 256 g/mol. The number of nitrogens with zero attached hydrogens (tertiary/aromatic N) is 2. The van der Waals surface area contributed by atoms with Crippen LogP contribution in [-0.2, 0) is 6.42 Å². The molecule has 0 spiro atoms. The smallest absolute Gasteiger partial charge is 0.201 e. The van der Waals surface area contributed by atoms with Crippen molar-refractivity contribution in [3.8, 4) is 6.07 Å². The molecule has 1 aliphatic rings. The van der Waals surface area contributed by atoms with Gasteiger partial charge >= 0.3 is 0 Å². The number of benzene rings is 1. The Hall–Kier alpha value is -2.55. The van der Waals surface area contributed by atoms with Crippen molar-refractivity contribution in [1.82, 2.24) is 0 Å². The molecule has 6 nitrogen and oxygen atoms in total. The molecule has 1 aromatic carbocycles. The highest BCUT2D eigenvalue weighted by Gasteiger charge is 2.13. The Labute approximate surface area is 111 Å². The number of aryl methyl sites for hydroxylation is 1. The third-order valence-corrected chi connectivity index (χ3v) is 3.01. The van der Waals surface area contributed by atoms with Crippen molar-refractivity contribution < 1.29 is 0 Å². The summed E-state index contributed by atoms with van der Waals surface area (Å²) in [5.41, 5.74) is 11.0. The van der Waals surface area contributed by atoms with Gasteiger partial charge in [-0.15, -0.1) is 0 Å². The highest BCUT2D eigenvalue weighted by atomic mass is 15.3. The van der Waals surface area contributed by atoms with Crippen molar-refractivity contribution in [1.29, 1.82) is 10.7 Å². The summed E-state index contributed by atoms with van der Waals surface area (Å²) in [5.74, 6) is -0.344. The molecule has 1 unspecified atom stereocenters. The lowest BCUT2D eigenvalue weighted by Crippen LogP contribution is -2.22. The first-order valence-electron chi connectivity index (χ1n) is 6.08. The predicted molar refractivity (Wildman–Crippen MR) is 76.4 cm³/mol. The van der Waals surface area contributed by atoms with Gasteiger partial charge in [0, 0.05) is 11.7 Å². The standard InChI is InChI=1S/C13H16N6/c1-8-2-3-9-6-10(4-5-11(9)17-8)18-19-12(7-14)13(15)16/h4-6,8,17-18H,2-3H2,1H3,(H3,15,16)/b19-12+. The van der Waals surface area contributed by atoms with Crippen molar-refractivity contribution in [3.05, 3.63) is 23.8 Å². The fraction of sp³-hybridized carbons (Fsp3) is 0.308. The zero-order valence-corrected chi connectivity index (χ0v) is 10.7. The number of fused-ring (bicyclic) bond motifs is 1. The van der Waals surface area contributed by atoms with E-state index in [0.29, 0.717) is 6.04 Å². The first kappa shape index (κ1) is 12.9. The summed E-state index contributed by atoms with van der Waals surface area (Å²) in [4.78, 5) is 0. The summed E-state index contributed by atoms with van der Waals surface area (Å²) in [5, 5.41) is 23.1. The zero-order valence-electron chi connectivity index (χ0n) is 10.7. The first-order valence-corrected chi connectivity index (χ1v) is 6.08. The van der Waals surface area contributed by atoms with Crippen LogP contribution < -0.4 is 16.5 Å². The molecule has 0 saturated heterocycles. The molecule has 2 rings (SSSR count). The van der Waals surface area contributed by atoms with Crippen LogP contribution in [-0.4, -0.2) is 17.6 Å². The van der Waals surface area contributed by atoms with Crippen molar-refractivity contribution in [2.45, 2.75) is 25.8 Å². The molecule has 98 valence electrons. The molecule has 0 amide bonds. The van der Waals surface area contributed by atoms with Crippen LogP contribution in [0.15, 0.2) is 23.3 Å². The van der Waals surface area contributed by atoms with E-state index in [-0.39, 0.29) is 11.5 Å². The lowest BCUT2D eigenvalue weighted by atomic mass is 9.98. The molecular weight excluding hydrogens is 240 g/mol. The number of amidine groups is 1. The van der Waals surface area contributed by atoms with Gasteiger partial charge in [-0.25, -0.2) is 0 Å². The molecule has 0 aliphatic carbocycles. The quantitative estimate of drug-likeness (QED) is 0.374. The van der Waals surface area contributed by atoms with E-state index in [2.05, 4.69) is 22.8 Å². The van der Waals surface area contributed by atoms with Gasteiger partial charge in [0.1, 0.15) is 6.07 Å². The largest absolute Gasteiger partial charge is 0.382 e. The van der Waals surface area contributed by atoms with Gasteiger partial charge in [-0.3, -0.25) is 10.8 Å². The van der Waals surface area contributed by atoms with Crippen LogP contribution in [0.1, 0.15) is 18.9 Å². The van der Waals surface area contributed by atoms with Crippen LogP contribution in [0.3, 0.4) is 0 Å². The molecule has 5 N–H and O–H groups in total. The number of rotatable bonds is 3. The van der Waals surface area contributed by atoms with Gasteiger partial charge in [0.15, 0.2) is 5.84 Å². The van der Waals surface area contributed by atoms with Gasteiger partial charge in [-0.05, 0) is 43.5 Å². The average Bonchev–Trinajstić information content (AvgIpc) is 2.39. The number of anilines is 2. The van der Waals surface area contributed by atoms with Gasteiger partial charge in [0.05, 0.1) is 5.69 Å². The highest BCUT2D eigenvalue weighted by Crippen LogP contribution is 2.27. The van der Waals surface area contributed by atoms with Gasteiger partial charge in [-0.1, -0.05) is 0 Å². The van der Waals surface area contributed by atoms with Crippen LogP contribution in [0, 0.1) is 16.7 Å². The fourth-order valence-corrected chi connectivity index (χ4v) is 1.99. The zero-order chi connectivity index (χ0) is 13.8. The summed E-state index contributed by atoms with van der Waals surface area (Å²) < 4.78 is 0. The third kappa shape index (κ3) is 3.01. The second-order valence-corrected chi connectivity index (χ2v) is 4.55. The minimum atomic E-state index is -0.344. The molecule has 0 saturated carbocycles. The number of nitrogens with one attached hydrogen (secondary N) is 3. The lowest BCUT2D eigenvalue weighted by Gasteiger charge is -2.24. The molecule has 6 heteroatoms. The van der Waals surface area contributed by atoms with Gasteiger partial charge in [-0.2, -0.15) is 10.4 Å². The normalized spacial score (nSPS) is 17.9. The summed E-state index contributed by atoms with van der Waals surface area (Å²) >= 11 is 0. The average molecular weight is 256 g/mol. The van der Waals surface area contributed by atoms with E-state index in [4.69, 9.17) is 16.4 Å². The number of nitriles is 1. The molecule has 19 heavy (non-hydrogen) atoms. The van der Waals surface area contributed by atoms with Crippen LogP contribution in [0.25, 0.3) is 0 Å². The van der Waals surface area contributed by atoms with Gasteiger partial charge in [0.25, 0.3) is 0 Å². The van der Waals surface area contributed by atoms with Crippen molar-refractivity contribution in [2.75, 3.05) is 10.7 Å². The summed E-state index contributed by atoms with van der Waals surface area (Å²) in [7, 11) is 0. The van der Waals surface area contributed by atoms with E-state index in [1.165, 1.54) is 5.56 Å². The van der Waals surface area contributed by atoms with E-state index in [9.17, 15) is 0 Å². The Bertz CT molecular complexity index is 569. The van der Waals surface area contributed by atoms with Gasteiger partial charge < -0.3 is 11.1 Å². The summed E-state index contributed by atoms with van der Waals surface area (Å²) in [6.07, 6.45) is 2.11. The maximum absolute atomic E-state index is 8.74. The Morgan fingerprint density at radius 1 is 1.63 bits per heavy atom. The lowest BCUT2D eigenvalue weighted by molar-refractivity contribution is 0.681. The summed E-state index contributed by atoms with van der Waals surface area (Å²) in [6, 6.07) is 8.12. The third-order valence-electron chi connectivity index (χ3n) is 3.01. The van der Waals surface area contributed by atoms with Crippen LogP contribution in [0.2, 0.25) is 0 Å². The molecule has 0 aromatic heterocycles. The number of hydrogen-bond acceptors (Lipinski definition) is 5. The van der Waals surface area contributed by atoms with Crippen LogP contribution in [0.4, 0.5) is 11.4 Å². The second-order valence-electron chi connectivity index (χ2n) is 4.55. The number of hydrazone groups is 1. The van der Waals surface area contributed by atoms with E-state index < -0.39 is 0 Å². The van der Waals surface area contributed by atoms with Crippen molar-refractivity contribution in [2.24, 2.45) is 10.8 Å². The molecule has 1 aliphatic heterocycles. The van der Waals surface area contributed by atoms with Crippen LogP contribution >= 0.6 is 0 Å². The second kappa shape index (κ2) is 5.40. The maximum atomic E-state index is 8.74. The summed E-state index contributed by atoms with van der Waals surface area (Å²) in [6.45, 7) is 2.16. The van der Waals surface area contributed by atoms with E-state index in [1.807, 2.05) is 18.2 Å². The van der Waals surface area contributed by atoms with Crippen LogP contribution in [0.5, 0.6) is 0 Å². The molecule has 1 atom stereocenters. The molecule has 0 radical (unpaired) electrons. The fourth-order valence-electron chi connectivity index (χ4n) is 1.99. The molecular formula is C13H16N6.